The third-order valence-electron chi connectivity index (χ3n) is 9.27. The summed E-state index contributed by atoms with van der Waals surface area (Å²) in [7, 11) is -6.99. The van der Waals surface area contributed by atoms with Crippen molar-refractivity contribution in [3.63, 3.8) is 0 Å². The molecule has 0 saturated carbocycles. The lowest BCUT2D eigenvalue weighted by Gasteiger charge is -2.14. The number of nitriles is 2. The number of aromatic nitrogens is 4. The maximum Gasteiger partial charge on any atom is 0.502 e. The molecule has 7 rings (SSSR count). The fourth-order valence-electron chi connectivity index (χ4n) is 6.74. The fourth-order valence-corrected chi connectivity index (χ4v) is 7.63. The lowest BCUT2D eigenvalue weighted by Crippen LogP contribution is -2.26. The Kier molecular flexibility index (Phi) is 8.83. The van der Waals surface area contributed by atoms with Gasteiger partial charge in [-0.1, -0.05) is 0 Å². The molecule has 0 unspecified atom stereocenters. The summed E-state index contributed by atoms with van der Waals surface area (Å²) in [5, 5.41) is 19.5. The molecule has 0 N–H and O–H groups in total. The molecule has 2 aliphatic carbocycles. The molecule has 5 aromatic rings. The van der Waals surface area contributed by atoms with E-state index >= 15 is 17.6 Å². The quantitative estimate of drug-likeness (QED) is 0.111. The summed E-state index contributed by atoms with van der Waals surface area (Å²) in [4.78, 5) is 19.8. The van der Waals surface area contributed by atoms with E-state index in [9.17, 15) is 49.7 Å². The van der Waals surface area contributed by atoms with Crippen LogP contribution in [0.1, 0.15) is 28.1 Å². The molecule has 10 nitrogen and oxygen atoms in total. The van der Waals surface area contributed by atoms with Crippen molar-refractivity contribution in [1.29, 1.82) is 10.5 Å². The summed E-state index contributed by atoms with van der Waals surface area (Å²) in [5.41, 5.74) is -15.7. The van der Waals surface area contributed by atoms with Gasteiger partial charge in [-0.3, -0.25) is 9.97 Å². The number of alkyl halides is 3. The molecule has 0 bridgehead atoms. The highest BCUT2D eigenvalue weighted by Gasteiger charge is 2.52. The highest BCUT2D eigenvalue weighted by Crippen LogP contribution is 2.42. The summed E-state index contributed by atoms with van der Waals surface area (Å²) in [6.07, 6.45) is 0.339. The first kappa shape index (κ1) is 39.0. The zero-order valence-corrected chi connectivity index (χ0v) is 28.8. The van der Waals surface area contributed by atoms with E-state index in [1.54, 1.807) is 12.1 Å². The van der Waals surface area contributed by atoms with Gasteiger partial charge in [-0.15, -0.1) is 0 Å². The second kappa shape index (κ2) is 13.1. The summed E-state index contributed by atoms with van der Waals surface area (Å²) in [6.45, 7) is 16.3. The minimum Gasteiger partial charge on any atom is -0.256 e. The molecule has 2 aliphatic rings. The van der Waals surface area contributed by atoms with Crippen molar-refractivity contribution >= 4 is 21.2 Å². The Morgan fingerprint density at radius 3 is 1.34 bits per heavy atom. The third kappa shape index (κ3) is 5.22. The van der Waals surface area contributed by atoms with Crippen LogP contribution in [0.2, 0.25) is 0 Å². The normalized spacial score (nSPS) is 13.7. The lowest BCUT2D eigenvalue weighted by atomic mass is 9.92. The first-order valence-corrected chi connectivity index (χ1v) is 17.0. The van der Waals surface area contributed by atoms with Gasteiger partial charge in [0, 0.05) is 40.0 Å². The molecular formula is C36H9F11N8O2S. The first-order chi connectivity index (χ1) is 27.3. The van der Waals surface area contributed by atoms with E-state index in [0.717, 1.165) is 13.1 Å². The van der Waals surface area contributed by atoms with E-state index < -0.39 is 125 Å². The fraction of sp³-hybridized carbons (Fsp3) is 0.111. The number of halogens is 11. The van der Waals surface area contributed by atoms with Crippen LogP contribution in [0.4, 0.5) is 48.3 Å². The van der Waals surface area contributed by atoms with Gasteiger partial charge < -0.3 is 0 Å². The number of nitrogens with zero attached hydrogens (tertiary/aromatic N) is 8. The number of fused-ring (bicyclic) bond motifs is 6. The average molecular weight is 827 g/mol. The summed E-state index contributed by atoms with van der Waals surface area (Å²) >= 11 is 0. The molecule has 22 heteroatoms. The second-order valence-electron chi connectivity index (χ2n) is 12.2. The van der Waals surface area contributed by atoms with Gasteiger partial charge in [0.2, 0.25) is 0 Å². The number of benzene rings is 3. The van der Waals surface area contributed by atoms with Crippen molar-refractivity contribution < 1.29 is 56.7 Å². The molecule has 0 radical (unpaired) electrons. The number of hydrogen-bond acceptors (Lipinski definition) is 8. The standard InChI is InChI=1S/C36H9F11N8O2S/c1-10-25(37)27(39)23(28(40)26(10)38)17-8-52-13-4-11-20(16(7-49)51-3)22-12(19(15(6-48)50-2)21(11)33(13)54-17)5-14-34(22)55-18(9-53-14)24-29(41)31(43)35(32(44)30(24)42)58(56,57)36(45,46)47/h8-9H,4-5H2,1H3/b19-15-,20-16+. The predicted octanol–water partition coefficient (Wildman–Crippen LogP) is 6.56. The molecule has 3 aromatic carbocycles. The van der Waals surface area contributed by atoms with Crippen molar-refractivity contribution in [3.05, 3.63) is 120 Å². The van der Waals surface area contributed by atoms with Crippen molar-refractivity contribution in [2.45, 2.75) is 30.2 Å². The van der Waals surface area contributed by atoms with Crippen LogP contribution in [0.5, 0.6) is 0 Å². The van der Waals surface area contributed by atoms with Crippen LogP contribution >= 0.6 is 0 Å². The van der Waals surface area contributed by atoms with Crippen molar-refractivity contribution in [3.8, 4) is 57.2 Å². The van der Waals surface area contributed by atoms with E-state index in [1.807, 2.05) is 0 Å². The Labute approximate surface area is 315 Å². The number of hydrogen-bond donors (Lipinski definition) is 0. The van der Waals surface area contributed by atoms with E-state index in [1.165, 1.54) is 0 Å². The van der Waals surface area contributed by atoms with Crippen LogP contribution in [0, 0.1) is 89.3 Å². The Hall–Kier alpha value is -7.30. The zero-order valence-electron chi connectivity index (χ0n) is 28.0. The summed E-state index contributed by atoms with van der Waals surface area (Å²) < 4.78 is 183. The highest BCUT2D eigenvalue weighted by molar-refractivity contribution is 7.92. The molecule has 2 heterocycles. The number of sulfone groups is 1. The van der Waals surface area contributed by atoms with E-state index in [0.29, 0.717) is 6.20 Å². The molecule has 58 heavy (non-hydrogen) atoms. The molecule has 0 spiro atoms. The maximum absolute atomic E-state index is 15.4. The van der Waals surface area contributed by atoms with Gasteiger partial charge in [0.05, 0.1) is 83.0 Å². The van der Waals surface area contributed by atoms with Crippen LogP contribution in [0.15, 0.2) is 17.3 Å². The Bertz CT molecular complexity index is 3140. The van der Waals surface area contributed by atoms with Crippen molar-refractivity contribution in [2.75, 3.05) is 0 Å². The largest absolute Gasteiger partial charge is 0.502 e. The van der Waals surface area contributed by atoms with Crippen LogP contribution in [0.25, 0.3) is 66.1 Å². The Morgan fingerprint density at radius 1 is 0.655 bits per heavy atom. The van der Waals surface area contributed by atoms with Crippen molar-refractivity contribution in [1.82, 2.24) is 19.9 Å². The Balaban J connectivity index is 1.58. The van der Waals surface area contributed by atoms with Gasteiger partial charge in [0.25, 0.3) is 21.2 Å². The maximum atomic E-state index is 15.4. The highest BCUT2D eigenvalue weighted by atomic mass is 32.2. The zero-order chi connectivity index (χ0) is 42.5. The van der Waals surface area contributed by atoms with Crippen LogP contribution < -0.4 is 10.4 Å². The SMILES string of the molecule is [C-]#[N+]/C(C#N)=c1/c2c(/c(=C(\C#N)[N+]#[C-])c3c1-c1nc(-c4c(F)c(F)c(C)c(F)c4F)cnc1C3)-c1nc(-c3c(F)c(F)c(S(=O)(=O)C(F)(F)F)c(F)c3F)cnc1C2. The average Bonchev–Trinajstić information content (AvgIpc) is 3.75. The minimum atomic E-state index is -6.99. The molecule has 288 valence electrons. The van der Waals surface area contributed by atoms with Gasteiger partial charge >= 0.3 is 5.51 Å². The van der Waals surface area contributed by atoms with Crippen LogP contribution in [-0.4, -0.2) is 33.9 Å². The first-order valence-electron chi connectivity index (χ1n) is 15.5. The molecule has 0 atom stereocenters. The number of rotatable bonds is 3. The minimum absolute atomic E-state index is 0.0765. The predicted molar refractivity (Wildman–Crippen MR) is 173 cm³/mol. The monoisotopic (exact) mass is 826 g/mol. The van der Waals surface area contributed by atoms with Gasteiger partial charge in [-0.05, 0) is 18.1 Å². The molecule has 0 amide bonds. The van der Waals surface area contributed by atoms with Crippen LogP contribution in [0.3, 0.4) is 0 Å². The van der Waals surface area contributed by atoms with Gasteiger partial charge in [0.15, 0.2) is 51.4 Å². The Morgan fingerprint density at radius 2 is 1.02 bits per heavy atom. The molecule has 0 aliphatic heterocycles. The van der Waals surface area contributed by atoms with E-state index in [2.05, 4.69) is 29.6 Å². The molecular weight excluding hydrogens is 817 g/mol. The van der Waals surface area contributed by atoms with Gasteiger partial charge in [-0.25, -0.2) is 73.7 Å². The summed E-state index contributed by atoms with van der Waals surface area (Å²) in [6, 6.07) is 3.28. The molecule has 0 saturated heterocycles. The lowest BCUT2D eigenvalue weighted by molar-refractivity contribution is -0.0440. The molecule has 0 fully saturated rings. The smallest absolute Gasteiger partial charge is 0.256 e. The van der Waals surface area contributed by atoms with Crippen LogP contribution in [-0.2, 0) is 22.7 Å². The second-order valence-corrected chi connectivity index (χ2v) is 14.1. The van der Waals surface area contributed by atoms with Gasteiger partial charge in [0.1, 0.15) is 0 Å². The van der Waals surface area contributed by atoms with E-state index in [-0.39, 0.29) is 49.8 Å². The molecule has 2 aromatic heterocycles. The topological polar surface area (TPSA) is 142 Å². The van der Waals surface area contributed by atoms with Crippen molar-refractivity contribution in [2.24, 2.45) is 0 Å². The summed E-state index contributed by atoms with van der Waals surface area (Å²) in [5.74, 6) is -18.4. The van der Waals surface area contributed by atoms with E-state index in [4.69, 9.17) is 13.1 Å². The van der Waals surface area contributed by atoms with Gasteiger partial charge in [-0.2, -0.15) is 13.2 Å². The third-order valence-corrected chi connectivity index (χ3v) is 10.8.